The second-order valence-corrected chi connectivity index (χ2v) is 5.62. The van der Waals surface area contributed by atoms with Gasteiger partial charge in [0.15, 0.2) is 11.2 Å². The second-order valence-electron chi connectivity index (χ2n) is 5.62. The van der Waals surface area contributed by atoms with Crippen molar-refractivity contribution in [2.75, 3.05) is 5.32 Å². The number of hydrogen-bond donors (Lipinski definition) is 1. The summed E-state index contributed by atoms with van der Waals surface area (Å²) in [6.45, 7) is 3.64. The van der Waals surface area contributed by atoms with Crippen molar-refractivity contribution in [3.63, 3.8) is 0 Å². The molecule has 0 saturated carbocycles. The van der Waals surface area contributed by atoms with Crippen LogP contribution in [-0.2, 0) is 0 Å². The van der Waals surface area contributed by atoms with E-state index in [0.717, 1.165) is 5.56 Å². The minimum atomic E-state index is -0.480. The Morgan fingerprint density at radius 3 is 2.42 bits per heavy atom. The molecule has 0 unspecified atom stereocenters. The minimum Gasteiger partial charge on any atom is -0.460 e. The maximum absolute atomic E-state index is 12.7. The predicted molar refractivity (Wildman–Crippen MR) is 94.3 cm³/mol. The van der Waals surface area contributed by atoms with Crippen LogP contribution in [0.15, 0.2) is 69.9 Å². The van der Waals surface area contributed by atoms with Crippen molar-refractivity contribution in [2.45, 2.75) is 13.8 Å². The first-order valence-electron chi connectivity index (χ1n) is 7.63. The topological polar surface area (TPSA) is 59.3 Å². The Labute approximate surface area is 139 Å². The lowest BCUT2D eigenvalue weighted by atomic mass is 10.0. The number of benzene rings is 2. The number of aryl methyl sites for hydroxylation is 2. The largest absolute Gasteiger partial charge is 0.460 e. The Kier molecular flexibility index (Phi) is 4.29. The van der Waals surface area contributed by atoms with E-state index in [2.05, 4.69) is 5.32 Å². The standard InChI is InChI=1S/C20H17NO3/c1-13-7-6-8-15(11-13)19-18(17(22)12-14(2)24-19)20(23)21-16-9-4-3-5-10-16/h3-12H,1-2H3,(H,21,23). The van der Waals surface area contributed by atoms with Crippen LogP contribution in [0.1, 0.15) is 21.7 Å². The van der Waals surface area contributed by atoms with E-state index >= 15 is 0 Å². The van der Waals surface area contributed by atoms with Crippen LogP contribution in [0.25, 0.3) is 11.3 Å². The molecule has 0 spiro atoms. The van der Waals surface area contributed by atoms with Gasteiger partial charge in [0.1, 0.15) is 11.3 Å². The van der Waals surface area contributed by atoms with E-state index in [1.54, 1.807) is 19.1 Å². The lowest BCUT2D eigenvalue weighted by Crippen LogP contribution is -2.22. The summed E-state index contributed by atoms with van der Waals surface area (Å²) in [7, 11) is 0. The zero-order valence-corrected chi connectivity index (χ0v) is 13.5. The number of amides is 1. The molecule has 0 aliphatic heterocycles. The number of nitrogens with one attached hydrogen (secondary N) is 1. The summed E-state index contributed by atoms with van der Waals surface area (Å²) in [5.74, 6) is 0.274. The Morgan fingerprint density at radius 1 is 0.958 bits per heavy atom. The van der Waals surface area contributed by atoms with E-state index in [1.165, 1.54) is 6.07 Å². The Morgan fingerprint density at radius 2 is 1.71 bits per heavy atom. The molecule has 1 aromatic heterocycles. The van der Waals surface area contributed by atoms with E-state index in [9.17, 15) is 9.59 Å². The van der Waals surface area contributed by atoms with E-state index in [-0.39, 0.29) is 16.8 Å². The Balaban J connectivity index is 2.10. The van der Waals surface area contributed by atoms with Crippen LogP contribution < -0.4 is 10.7 Å². The third-order valence-electron chi connectivity index (χ3n) is 3.61. The summed E-state index contributed by atoms with van der Waals surface area (Å²) < 4.78 is 5.73. The molecule has 120 valence electrons. The third kappa shape index (κ3) is 3.27. The average Bonchev–Trinajstić information content (AvgIpc) is 2.55. The fourth-order valence-corrected chi connectivity index (χ4v) is 2.53. The first-order chi connectivity index (χ1) is 11.5. The minimum absolute atomic E-state index is 0.00931. The lowest BCUT2D eigenvalue weighted by molar-refractivity contribution is 0.102. The second kappa shape index (κ2) is 6.54. The predicted octanol–water partition coefficient (Wildman–Crippen LogP) is 4.18. The van der Waals surface area contributed by atoms with E-state index in [1.807, 2.05) is 49.4 Å². The van der Waals surface area contributed by atoms with Crippen molar-refractivity contribution in [3.8, 4) is 11.3 Å². The van der Waals surface area contributed by atoms with Crippen LogP contribution in [-0.4, -0.2) is 5.91 Å². The molecular formula is C20H17NO3. The normalized spacial score (nSPS) is 10.4. The van der Waals surface area contributed by atoms with Crippen molar-refractivity contribution < 1.29 is 9.21 Å². The first-order valence-corrected chi connectivity index (χ1v) is 7.63. The lowest BCUT2D eigenvalue weighted by Gasteiger charge is -2.10. The van der Waals surface area contributed by atoms with Gasteiger partial charge in [-0.25, -0.2) is 0 Å². The van der Waals surface area contributed by atoms with Crippen LogP contribution in [0.4, 0.5) is 5.69 Å². The first kappa shape index (κ1) is 15.7. The molecule has 0 aliphatic carbocycles. The third-order valence-corrected chi connectivity index (χ3v) is 3.61. The Bertz CT molecular complexity index is 943. The highest BCUT2D eigenvalue weighted by Crippen LogP contribution is 2.24. The summed E-state index contributed by atoms with van der Waals surface area (Å²) in [4.78, 5) is 25.1. The van der Waals surface area contributed by atoms with E-state index < -0.39 is 5.91 Å². The summed E-state index contributed by atoms with van der Waals surface area (Å²) >= 11 is 0. The molecule has 0 fully saturated rings. The average molecular weight is 319 g/mol. The molecule has 0 aliphatic rings. The molecule has 0 saturated heterocycles. The molecule has 4 nitrogen and oxygen atoms in total. The van der Waals surface area contributed by atoms with Gasteiger partial charge in [-0.05, 0) is 32.0 Å². The maximum Gasteiger partial charge on any atom is 0.263 e. The molecule has 3 aromatic rings. The summed E-state index contributed by atoms with van der Waals surface area (Å²) in [5.41, 5.74) is 2.00. The number of hydrogen-bond acceptors (Lipinski definition) is 3. The van der Waals surface area contributed by atoms with Crippen molar-refractivity contribution >= 4 is 11.6 Å². The fourth-order valence-electron chi connectivity index (χ4n) is 2.53. The van der Waals surface area contributed by atoms with Crippen LogP contribution >= 0.6 is 0 Å². The van der Waals surface area contributed by atoms with Crippen molar-refractivity contribution in [3.05, 3.63) is 87.8 Å². The quantitative estimate of drug-likeness (QED) is 0.788. The molecule has 0 radical (unpaired) electrons. The van der Waals surface area contributed by atoms with Gasteiger partial charge in [-0.2, -0.15) is 0 Å². The van der Waals surface area contributed by atoms with Crippen LogP contribution in [0, 0.1) is 13.8 Å². The molecule has 2 aromatic carbocycles. The summed E-state index contributed by atoms with van der Waals surface area (Å²) in [5, 5.41) is 2.74. The monoisotopic (exact) mass is 319 g/mol. The molecule has 1 N–H and O–H groups in total. The van der Waals surface area contributed by atoms with Gasteiger partial charge in [0.05, 0.1) is 0 Å². The van der Waals surface area contributed by atoms with Gasteiger partial charge in [-0.3, -0.25) is 9.59 Å². The SMILES string of the molecule is Cc1cccc(-c2oc(C)cc(=O)c2C(=O)Nc2ccccc2)c1. The van der Waals surface area contributed by atoms with Gasteiger partial charge in [0.25, 0.3) is 5.91 Å². The Hall–Kier alpha value is -3.14. The van der Waals surface area contributed by atoms with Gasteiger partial charge in [-0.15, -0.1) is 0 Å². The number of rotatable bonds is 3. The van der Waals surface area contributed by atoms with Crippen LogP contribution in [0.3, 0.4) is 0 Å². The van der Waals surface area contributed by atoms with Crippen molar-refractivity contribution in [1.29, 1.82) is 0 Å². The van der Waals surface area contributed by atoms with Crippen molar-refractivity contribution in [1.82, 2.24) is 0 Å². The highest BCUT2D eigenvalue weighted by molar-refractivity contribution is 6.07. The molecule has 1 amide bonds. The summed E-state index contributed by atoms with van der Waals surface area (Å²) in [6.07, 6.45) is 0. The number of carbonyl (C=O) groups excluding carboxylic acids is 1. The molecule has 0 atom stereocenters. The molecular weight excluding hydrogens is 302 g/mol. The van der Waals surface area contributed by atoms with Crippen molar-refractivity contribution in [2.24, 2.45) is 0 Å². The van der Waals surface area contributed by atoms with Crippen LogP contribution in [0.2, 0.25) is 0 Å². The molecule has 3 rings (SSSR count). The molecule has 24 heavy (non-hydrogen) atoms. The number of para-hydroxylation sites is 1. The molecule has 1 heterocycles. The fraction of sp³-hybridized carbons (Fsp3) is 0.100. The van der Waals surface area contributed by atoms with Gasteiger partial charge < -0.3 is 9.73 Å². The molecule has 0 bridgehead atoms. The number of carbonyl (C=O) groups is 1. The van der Waals surface area contributed by atoms with E-state index in [4.69, 9.17) is 4.42 Å². The zero-order chi connectivity index (χ0) is 17.1. The van der Waals surface area contributed by atoms with Gasteiger partial charge in [0.2, 0.25) is 0 Å². The van der Waals surface area contributed by atoms with E-state index in [0.29, 0.717) is 17.0 Å². The highest BCUT2D eigenvalue weighted by Gasteiger charge is 2.20. The zero-order valence-electron chi connectivity index (χ0n) is 13.5. The number of anilines is 1. The maximum atomic E-state index is 12.7. The highest BCUT2D eigenvalue weighted by atomic mass is 16.3. The molecule has 4 heteroatoms. The smallest absolute Gasteiger partial charge is 0.263 e. The van der Waals surface area contributed by atoms with Gasteiger partial charge >= 0.3 is 0 Å². The van der Waals surface area contributed by atoms with Gasteiger partial charge in [0, 0.05) is 17.3 Å². The summed E-state index contributed by atoms with van der Waals surface area (Å²) in [6, 6.07) is 17.9. The van der Waals surface area contributed by atoms with Crippen LogP contribution in [0.5, 0.6) is 0 Å². The van der Waals surface area contributed by atoms with Gasteiger partial charge in [-0.1, -0.05) is 42.0 Å².